The van der Waals surface area contributed by atoms with Crippen molar-refractivity contribution in [1.29, 1.82) is 0 Å². The number of nitrogens with one attached hydrogen (secondary N) is 1. The first-order valence-corrected chi connectivity index (χ1v) is 3.04. The van der Waals surface area contributed by atoms with Crippen molar-refractivity contribution in [3.8, 4) is 0 Å². The van der Waals surface area contributed by atoms with Gasteiger partial charge in [-0.1, -0.05) is 0 Å². The lowest BCUT2D eigenvalue weighted by molar-refractivity contribution is 0.209. The quantitative estimate of drug-likeness (QED) is 0.682. The monoisotopic (exact) mass is 173 g/mol. The molecule has 1 amide bonds. The van der Waals surface area contributed by atoms with Crippen LogP contribution in [0, 0.1) is 11.6 Å². The fraction of sp³-hybridized carbons (Fsp3) is 0. The summed E-state index contributed by atoms with van der Waals surface area (Å²) in [5, 5.41) is 10.0. The third kappa shape index (κ3) is 2.19. The molecule has 0 fully saturated rings. The molecular formula is C7H5F2NO2. The molecule has 1 aromatic carbocycles. The van der Waals surface area contributed by atoms with Crippen molar-refractivity contribution in [2.45, 2.75) is 0 Å². The molecule has 0 aliphatic rings. The Morgan fingerprint density at radius 1 is 1.25 bits per heavy atom. The molecule has 64 valence electrons. The molecule has 0 unspecified atom stereocenters. The van der Waals surface area contributed by atoms with E-state index in [0.717, 1.165) is 12.1 Å². The average Bonchev–Trinajstić information content (AvgIpc) is 1.81. The minimum atomic E-state index is -1.36. The van der Waals surface area contributed by atoms with E-state index in [0.29, 0.717) is 6.07 Å². The summed E-state index contributed by atoms with van der Waals surface area (Å²) in [4.78, 5) is 10.0. The summed E-state index contributed by atoms with van der Waals surface area (Å²) in [6.07, 6.45) is -1.36. The number of amides is 1. The highest BCUT2D eigenvalue weighted by molar-refractivity contribution is 5.82. The Hall–Kier alpha value is -1.65. The maximum absolute atomic E-state index is 12.4. The Labute approximate surface area is 66.6 Å². The van der Waals surface area contributed by atoms with Crippen LogP contribution in [-0.2, 0) is 0 Å². The standard InChI is InChI=1S/C7H5F2NO2/c8-4-1-5(9)3-6(2-4)10-7(11)12/h1-3,10H,(H,11,12). The summed E-state index contributed by atoms with van der Waals surface area (Å²) < 4.78 is 24.8. The third-order valence-corrected chi connectivity index (χ3v) is 1.11. The molecule has 0 atom stereocenters. The topological polar surface area (TPSA) is 49.3 Å². The summed E-state index contributed by atoms with van der Waals surface area (Å²) in [5.74, 6) is -1.64. The van der Waals surface area contributed by atoms with E-state index in [-0.39, 0.29) is 5.69 Å². The van der Waals surface area contributed by atoms with Crippen molar-refractivity contribution < 1.29 is 18.7 Å². The lowest BCUT2D eigenvalue weighted by Crippen LogP contribution is -2.07. The van der Waals surface area contributed by atoms with Gasteiger partial charge in [0.1, 0.15) is 11.6 Å². The van der Waals surface area contributed by atoms with E-state index in [9.17, 15) is 13.6 Å². The normalized spacial score (nSPS) is 9.50. The number of carboxylic acid groups (broad SMARTS) is 1. The van der Waals surface area contributed by atoms with Crippen LogP contribution in [0.3, 0.4) is 0 Å². The Balaban J connectivity index is 2.93. The van der Waals surface area contributed by atoms with Gasteiger partial charge >= 0.3 is 6.09 Å². The molecule has 3 nitrogen and oxygen atoms in total. The van der Waals surface area contributed by atoms with E-state index in [1.807, 2.05) is 5.32 Å². The van der Waals surface area contributed by atoms with Crippen LogP contribution in [0.1, 0.15) is 0 Å². The number of rotatable bonds is 1. The van der Waals surface area contributed by atoms with Gasteiger partial charge in [-0.25, -0.2) is 13.6 Å². The van der Waals surface area contributed by atoms with Crippen molar-refractivity contribution >= 4 is 11.8 Å². The Kier molecular flexibility index (Phi) is 2.23. The van der Waals surface area contributed by atoms with Crippen LogP contribution in [0.5, 0.6) is 0 Å². The van der Waals surface area contributed by atoms with E-state index >= 15 is 0 Å². The number of hydrogen-bond donors (Lipinski definition) is 2. The average molecular weight is 173 g/mol. The van der Waals surface area contributed by atoms with Crippen LogP contribution < -0.4 is 5.32 Å². The van der Waals surface area contributed by atoms with Crippen LogP contribution in [0.2, 0.25) is 0 Å². The van der Waals surface area contributed by atoms with Crippen LogP contribution in [0.25, 0.3) is 0 Å². The maximum atomic E-state index is 12.4. The molecule has 0 spiro atoms. The molecule has 5 heteroatoms. The van der Waals surface area contributed by atoms with Crippen molar-refractivity contribution in [2.75, 3.05) is 5.32 Å². The molecule has 12 heavy (non-hydrogen) atoms. The molecule has 0 saturated heterocycles. The van der Waals surface area contributed by atoms with Gasteiger partial charge in [0.05, 0.1) is 0 Å². The molecule has 0 heterocycles. The molecule has 1 aromatic rings. The van der Waals surface area contributed by atoms with E-state index in [1.165, 1.54) is 0 Å². The zero-order valence-corrected chi connectivity index (χ0v) is 5.84. The van der Waals surface area contributed by atoms with Gasteiger partial charge in [0.25, 0.3) is 0 Å². The predicted molar refractivity (Wildman–Crippen MR) is 38.0 cm³/mol. The van der Waals surface area contributed by atoms with Gasteiger partial charge in [-0.3, -0.25) is 5.32 Å². The van der Waals surface area contributed by atoms with Gasteiger partial charge in [0.15, 0.2) is 0 Å². The highest BCUT2D eigenvalue weighted by atomic mass is 19.1. The summed E-state index contributed by atoms with van der Waals surface area (Å²) in [6.45, 7) is 0. The zero-order chi connectivity index (χ0) is 9.14. The van der Waals surface area contributed by atoms with Crippen LogP contribution >= 0.6 is 0 Å². The molecule has 2 N–H and O–H groups in total. The first-order chi connectivity index (χ1) is 5.58. The zero-order valence-electron chi connectivity index (χ0n) is 5.84. The second-order valence-electron chi connectivity index (χ2n) is 2.09. The minimum absolute atomic E-state index is 0.125. The molecule has 0 radical (unpaired) electrons. The van der Waals surface area contributed by atoms with Gasteiger partial charge in [0.2, 0.25) is 0 Å². The number of benzene rings is 1. The Morgan fingerprint density at radius 3 is 2.17 bits per heavy atom. The molecule has 0 saturated carbocycles. The highest BCUT2D eigenvalue weighted by Gasteiger charge is 2.02. The molecule has 1 rings (SSSR count). The second kappa shape index (κ2) is 3.17. The largest absolute Gasteiger partial charge is 0.465 e. The number of anilines is 1. The van der Waals surface area contributed by atoms with Gasteiger partial charge < -0.3 is 5.11 Å². The SMILES string of the molecule is O=C(O)Nc1cc(F)cc(F)c1. The second-order valence-corrected chi connectivity index (χ2v) is 2.09. The molecule has 0 aliphatic carbocycles. The Morgan fingerprint density at radius 2 is 1.75 bits per heavy atom. The first-order valence-electron chi connectivity index (χ1n) is 3.04. The van der Waals surface area contributed by atoms with Gasteiger partial charge in [0, 0.05) is 11.8 Å². The number of halogens is 2. The predicted octanol–water partition coefficient (Wildman–Crippen LogP) is 2.05. The fourth-order valence-electron chi connectivity index (χ4n) is 0.749. The van der Waals surface area contributed by atoms with Gasteiger partial charge in [-0.05, 0) is 12.1 Å². The van der Waals surface area contributed by atoms with E-state index < -0.39 is 17.7 Å². The van der Waals surface area contributed by atoms with E-state index in [1.54, 1.807) is 0 Å². The van der Waals surface area contributed by atoms with Crippen molar-refractivity contribution in [1.82, 2.24) is 0 Å². The Bertz CT molecular complexity index is 294. The summed E-state index contributed by atoms with van der Waals surface area (Å²) >= 11 is 0. The summed E-state index contributed by atoms with van der Waals surface area (Å²) in [6, 6.07) is 2.43. The van der Waals surface area contributed by atoms with Crippen LogP contribution in [0.15, 0.2) is 18.2 Å². The van der Waals surface area contributed by atoms with Crippen molar-refractivity contribution in [3.63, 3.8) is 0 Å². The van der Waals surface area contributed by atoms with Crippen molar-refractivity contribution in [3.05, 3.63) is 29.8 Å². The van der Waals surface area contributed by atoms with Crippen molar-refractivity contribution in [2.24, 2.45) is 0 Å². The smallest absolute Gasteiger partial charge is 0.409 e. The molecular weight excluding hydrogens is 168 g/mol. The molecule has 0 aromatic heterocycles. The van der Waals surface area contributed by atoms with Gasteiger partial charge in [-0.15, -0.1) is 0 Å². The summed E-state index contributed by atoms with van der Waals surface area (Å²) in [5.41, 5.74) is -0.125. The lowest BCUT2D eigenvalue weighted by atomic mass is 10.3. The van der Waals surface area contributed by atoms with Crippen LogP contribution in [-0.4, -0.2) is 11.2 Å². The highest BCUT2D eigenvalue weighted by Crippen LogP contribution is 2.12. The fourth-order valence-corrected chi connectivity index (χ4v) is 0.749. The number of carbonyl (C=O) groups is 1. The summed E-state index contributed by atoms with van der Waals surface area (Å²) in [7, 11) is 0. The molecule has 0 aliphatic heterocycles. The van der Waals surface area contributed by atoms with E-state index in [4.69, 9.17) is 5.11 Å². The minimum Gasteiger partial charge on any atom is -0.465 e. The lowest BCUT2D eigenvalue weighted by Gasteiger charge is -1.99. The van der Waals surface area contributed by atoms with Gasteiger partial charge in [-0.2, -0.15) is 0 Å². The van der Waals surface area contributed by atoms with Crippen LogP contribution in [0.4, 0.5) is 19.3 Å². The number of hydrogen-bond acceptors (Lipinski definition) is 1. The third-order valence-electron chi connectivity index (χ3n) is 1.11. The van der Waals surface area contributed by atoms with E-state index in [2.05, 4.69) is 0 Å². The maximum Gasteiger partial charge on any atom is 0.409 e. The first kappa shape index (κ1) is 8.45. The molecule has 0 bridgehead atoms.